The summed E-state index contributed by atoms with van der Waals surface area (Å²) in [5.74, 6) is -3.11. The zero-order valence-corrected chi connectivity index (χ0v) is 26.5. The molecule has 4 aromatic carbocycles. The van der Waals surface area contributed by atoms with Gasteiger partial charge in [0.2, 0.25) is 5.91 Å². The Hall–Kier alpha value is -3.73. The van der Waals surface area contributed by atoms with Crippen LogP contribution in [0, 0.1) is 0 Å². The number of amides is 2. The van der Waals surface area contributed by atoms with E-state index in [1.807, 2.05) is 30.3 Å². The van der Waals surface area contributed by atoms with E-state index in [2.05, 4.69) is 10.6 Å². The van der Waals surface area contributed by atoms with Crippen LogP contribution in [0.3, 0.4) is 0 Å². The Kier molecular flexibility index (Phi) is 11.2. The molecule has 13 heteroatoms. The van der Waals surface area contributed by atoms with Gasteiger partial charge >= 0.3 is 11.9 Å². The van der Waals surface area contributed by atoms with Gasteiger partial charge in [0.05, 0.1) is 43.4 Å². The summed E-state index contributed by atoms with van der Waals surface area (Å²) in [4.78, 5) is 51.0. The van der Waals surface area contributed by atoms with E-state index in [-0.39, 0.29) is 27.6 Å². The molecule has 0 aromatic heterocycles. The van der Waals surface area contributed by atoms with Crippen LogP contribution in [0.25, 0.3) is 0 Å². The third kappa shape index (κ3) is 7.67. The molecule has 0 aliphatic heterocycles. The van der Waals surface area contributed by atoms with Gasteiger partial charge < -0.3 is 20.5 Å². The summed E-state index contributed by atoms with van der Waals surface area (Å²) in [5.41, 5.74) is 0.925. The SMILES string of the molecule is CCOC(=O)c1ccc(NC(=O)C(Sc2ccc(NC(=O)c3c(Cl)c(Cl)c(Cl)c(Cl)c3C(=O)O)cc2)c2ccccc2)cc1. The van der Waals surface area contributed by atoms with Gasteiger partial charge in [-0.05, 0) is 61.0 Å². The van der Waals surface area contributed by atoms with Crippen molar-refractivity contribution < 1.29 is 29.0 Å². The first-order valence-corrected chi connectivity index (χ1v) is 15.2. The molecule has 4 aromatic rings. The van der Waals surface area contributed by atoms with Gasteiger partial charge in [0.1, 0.15) is 5.25 Å². The van der Waals surface area contributed by atoms with Gasteiger partial charge in [-0.3, -0.25) is 9.59 Å². The van der Waals surface area contributed by atoms with Gasteiger partial charge in [-0.25, -0.2) is 9.59 Å². The van der Waals surface area contributed by atoms with Crippen LogP contribution in [-0.4, -0.2) is 35.5 Å². The summed E-state index contributed by atoms with van der Waals surface area (Å²) in [6.45, 7) is 1.98. The molecular weight excluding hydrogens is 670 g/mol. The van der Waals surface area contributed by atoms with E-state index in [1.54, 1.807) is 55.5 Å². The standard InChI is InChI=1S/C31H22Cl4N2O6S/c1-2-43-31(42)17-8-10-18(11-9-17)37-29(39)27(16-6-4-3-5-7-16)44-20-14-12-19(13-15-20)36-28(38)21-22(30(40)41)24(33)26(35)25(34)23(21)32/h3-15,27H,2H2,1H3,(H,36,38)(H,37,39)(H,40,41). The lowest BCUT2D eigenvalue weighted by Gasteiger charge is -2.18. The van der Waals surface area contributed by atoms with Crippen LogP contribution in [0.5, 0.6) is 0 Å². The summed E-state index contributed by atoms with van der Waals surface area (Å²) in [5, 5.41) is 13.2. The predicted octanol–water partition coefficient (Wildman–Crippen LogP) is 8.90. The number of benzene rings is 4. The van der Waals surface area contributed by atoms with E-state index in [0.717, 1.165) is 5.56 Å². The number of esters is 1. The van der Waals surface area contributed by atoms with Gasteiger partial charge in [0.15, 0.2) is 0 Å². The lowest BCUT2D eigenvalue weighted by atomic mass is 10.1. The summed E-state index contributed by atoms with van der Waals surface area (Å²) in [7, 11) is 0. The van der Waals surface area contributed by atoms with Crippen molar-refractivity contribution in [2.75, 3.05) is 17.2 Å². The van der Waals surface area contributed by atoms with Crippen molar-refractivity contribution in [1.82, 2.24) is 0 Å². The number of anilines is 2. The molecule has 3 N–H and O–H groups in total. The number of thioether (sulfide) groups is 1. The van der Waals surface area contributed by atoms with Crippen LogP contribution in [0.15, 0.2) is 83.8 Å². The lowest BCUT2D eigenvalue weighted by Crippen LogP contribution is -2.19. The molecule has 0 fully saturated rings. The summed E-state index contributed by atoms with van der Waals surface area (Å²) >= 11 is 25.6. The molecule has 0 saturated carbocycles. The van der Waals surface area contributed by atoms with Gasteiger partial charge in [-0.15, -0.1) is 11.8 Å². The van der Waals surface area contributed by atoms with Crippen LogP contribution < -0.4 is 10.6 Å². The third-order valence-corrected chi connectivity index (χ3v) is 9.15. The number of carboxylic acids is 1. The van der Waals surface area contributed by atoms with Crippen LogP contribution in [-0.2, 0) is 9.53 Å². The summed E-state index contributed by atoms with van der Waals surface area (Å²) in [6, 6.07) is 22.1. The molecule has 0 bridgehead atoms. The maximum atomic E-state index is 13.4. The maximum absolute atomic E-state index is 13.4. The molecule has 1 unspecified atom stereocenters. The zero-order valence-electron chi connectivity index (χ0n) is 22.7. The number of ether oxygens (including phenoxy) is 1. The Labute approximate surface area is 276 Å². The smallest absolute Gasteiger partial charge is 0.338 e. The number of carbonyl (C=O) groups excluding carboxylic acids is 3. The van der Waals surface area contributed by atoms with Crippen LogP contribution in [0.2, 0.25) is 20.1 Å². The highest BCUT2D eigenvalue weighted by atomic mass is 35.5. The molecule has 226 valence electrons. The van der Waals surface area contributed by atoms with Crippen molar-refractivity contribution in [3.63, 3.8) is 0 Å². The van der Waals surface area contributed by atoms with E-state index in [1.165, 1.54) is 11.8 Å². The van der Waals surface area contributed by atoms with E-state index in [9.17, 15) is 24.3 Å². The first-order chi connectivity index (χ1) is 21.0. The van der Waals surface area contributed by atoms with Gasteiger partial charge in [-0.1, -0.05) is 76.7 Å². The van der Waals surface area contributed by atoms with Crippen molar-refractivity contribution >= 4 is 93.3 Å². The second kappa shape index (κ2) is 14.8. The number of rotatable bonds is 10. The van der Waals surface area contributed by atoms with Crippen molar-refractivity contribution in [1.29, 1.82) is 0 Å². The Morgan fingerprint density at radius 2 is 1.30 bits per heavy atom. The summed E-state index contributed by atoms with van der Waals surface area (Å²) in [6.07, 6.45) is 0. The number of hydrogen-bond acceptors (Lipinski definition) is 6. The largest absolute Gasteiger partial charge is 0.478 e. The van der Waals surface area contributed by atoms with Crippen molar-refractivity contribution in [3.05, 3.63) is 121 Å². The molecule has 0 spiro atoms. The predicted molar refractivity (Wildman–Crippen MR) is 174 cm³/mol. The quantitative estimate of drug-likeness (QED) is 0.0657. The molecule has 0 aliphatic rings. The molecule has 0 radical (unpaired) electrons. The van der Waals surface area contributed by atoms with Gasteiger partial charge in [0.25, 0.3) is 5.91 Å². The number of halogens is 4. The van der Waals surface area contributed by atoms with Crippen LogP contribution in [0.4, 0.5) is 11.4 Å². The highest BCUT2D eigenvalue weighted by molar-refractivity contribution is 8.00. The Morgan fingerprint density at radius 3 is 1.86 bits per heavy atom. The number of hydrogen-bond donors (Lipinski definition) is 3. The molecule has 44 heavy (non-hydrogen) atoms. The normalized spacial score (nSPS) is 11.4. The second-order valence-electron chi connectivity index (χ2n) is 8.99. The van der Waals surface area contributed by atoms with Crippen molar-refractivity contribution in [2.24, 2.45) is 0 Å². The molecule has 0 saturated heterocycles. The molecule has 4 rings (SSSR count). The zero-order chi connectivity index (χ0) is 32.0. The highest BCUT2D eigenvalue weighted by Crippen LogP contribution is 2.42. The first-order valence-electron chi connectivity index (χ1n) is 12.8. The van der Waals surface area contributed by atoms with E-state index >= 15 is 0 Å². The van der Waals surface area contributed by atoms with Crippen molar-refractivity contribution in [2.45, 2.75) is 17.1 Å². The molecule has 0 aliphatic carbocycles. The van der Waals surface area contributed by atoms with Crippen LogP contribution >= 0.6 is 58.2 Å². The third-order valence-electron chi connectivity index (χ3n) is 6.08. The molecule has 1 atom stereocenters. The highest BCUT2D eigenvalue weighted by Gasteiger charge is 2.29. The number of aromatic carboxylic acids is 1. The number of carboxylic acid groups (broad SMARTS) is 1. The number of nitrogens with one attached hydrogen (secondary N) is 2. The fourth-order valence-corrected chi connectivity index (χ4v) is 6.05. The second-order valence-corrected chi connectivity index (χ2v) is 11.7. The first kappa shape index (κ1) is 33.2. The van der Waals surface area contributed by atoms with Gasteiger partial charge in [-0.2, -0.15) is 0 Å². The monoisotopic (exact) mass is 690 g/mol. The minimum atomic E-state index is -1.51. The fourth-order valence-electron chi connectivity index (χ4n) is 4.00. The minimum Gasteiger partial charge on any atom is -0.478 e. The Balaban J connectivity index is 1.53. The van der Waals surface area contributed by atoms with Crippen molar-refractivity contribution in [3.8, 4) is 0 Å². The topological polar surface area (TPSA) is 122 Å². The molecule has 2 amide bonds. The molecule has 0 heterocycles. The Morgan fingerprint density at radius 1 is 0.750 bits per heavy atom. The van der Waals surface area contributed by atoms with E-state index < -0.39 is 39.2 Å². The maximum Gasteiger partial charge on any atom is 0.338 e. The Bertz CT molecular complexity index is 1720. The molecular formula is C31H22Cl4N2O6S. The molecule has 8 nitrogen and oxygen atoms in total. The minimum absolute atomic E-state index is 0.250. The van der Waals surface area contributed by atoms with E-state index in [4.69, 9.17) is 51.1 Å². The lowest BCUT2D eigenvalue weighted by molar-refractivity contribution is -0.115. The number of carbonyl (C=O) groups is 4. The average molecular weight is 692 g/mol. The van der Waals surface area contributed by atoms with Gasteiger partial charge in [0, 0.05) is 16.3 Å². The average Bonchev–Trinajstić information content (AvgIpc) is 3.01. The summed E-state index contributed by atoms with van der Waals surface area (Å²) < 4.78 is 5.00. The fraction of sp³-hybridized carbons (Fsp3) is 0.0968. The van der Waals surface area contributed by atoms with Crippen LogP contribution in [0.1, 0.15) is 48.8 Å². The van der Waals surface area contributed by atoms with E-state index in [0.29, 0.717) is 21.8 Å².